The minimum Gasteiger partial charge on any atom is -0.380 e. The summed E-state index contributed by atoms with van der Waals surface area (Å²) in [5.74, 6) is 0. The van der Waals surface area contributed by atoms with Crippen LogP contribution in [0.25, 0.3) is 0 Å². The molecule has 0 radical (unpaired) electrons. The van der Waals surface area contributed by atoms with Gasteiger partial charge in [0.25, 0.3) is 0 Å². The fourth-order valence-electron chi connectivity index (χ4n) is 2.09. The van der Waals surface area contributed by atoms with Crippen LogP contribution in [0.1, 0.15) is 12.0 Å². The van der Waals surface area contributed by atoms with Gasteiger partial charge in [-0.2, -0.15) is 0 Å². The Hall–Kier alpha value is -0.580. The van der Waals surface area contributed by atoms with Crippen molar-refractivity contribution in [2.75, 3.05) is 25.1 Å². The van der Waals surface area contributed by atoms with Gasteiger partial charge in [-0.3, -0.25) is 0 Å². The van der Waals surface area contributed by atoms with E-state index >= 15 is 0 Å². The highest BCUT2D eigenvalue weighted by Crippen LogP contribution is 2.26. The molecule has 88 valence electrons. The van der Waals surface area contributed by atoms with Crippen molar-refractivity contribution in [3.63, 3.8) is 0 Å². The van der Waals surface area contributed by atoms with E-state index in [0.717, 1.165) is 29.5 Å². The molecule has 4 heteroatoms. The summed E-state index contributed by atoms with van der Waals surface area (Å²) < 4.78 is 6.46. The lowest BCUT2D eigenvalue weighted by Crippen LogP contribution is -2.22. The molecule has 1 aliphatic rings. The van der Waals surface area contributed by atoms with E-state index in [4.69, 9.17) is 10.5 Å². The standard InChI is InChI=1S/C12H17BrN2O/c1-16-12-2-3-15(8-12)11-5-9(7-14)4-10(13)6-11/h4-6,12H,2-3,7-8,14H2,1H3. The Labute approximate surface area is 105 Å². The highest BCUT2D eigenvalue weighted by atomic mass is 79.9. The summed E-state index contributed by atoms with van der Waals surface area (Å²) in [4.78, 5) is 2.35. The molecule has 1 heterocycles. The molecule has 1 aromatic rings. The second-order valence-electron chi connectivity index (χ2n) is 4.11. The Balaban J connectivity index is 2.17. The van der Waals surface area contributed by atoms with Crippen molar-refractivity contribution < 1.29 is 4.74 Å². The number of hydrogen-bond acceptors (Lipinski definition) is 3. The van der Waals surface area contributed by atoms with E-state index in [-0.39, 0.29) is 0 Å². The summed E-state index contributed by atoms with van der Waals surface area (Å²) in [5, 5.41) is 0. The van der Waals surface area contributed by atoms with E-state index in [1.807, 2.05) is 0 Å². The molecule has 1 atom stereocenters. The average molecular weight is 285 g/mol. The number of methoxy groups -OCH3 is 1. The maximum Gasteiger partial charge on any atom is 0.0762 e. The maximum atomic E-state index is 5.68. The van der Waals surface area contributed by atoms with Crippen LogP contribution in [0.2, 0.25) is 0 Å². The molecule has 0 bridgehead atoms. The number of hydrogen-bond donors (Lipinski definition) is 1. The Morgan fingerprint density at radius 1 is 1.50 bits per heavy atom. The number of nitrogens with zero attached hydrogens (tertiary/aromatic N) is 1. The van der Waals surface area contributed by atoms with E-state index in [2.05, 4.69) is 39.0 Å². The van der Waals surface area contributed by atoms with Gasteiger partial charge >= 0.3 is 0 Å². The minimum absolute atomic E-state index is 0.361. The minimum atomic E-state index is 0.361. The van der Waals surface area contributed by atoms with Crippen LogP contribution < -0.4 is 10.6 Å². The summed E-state index contributed by atoms with van der Waals surface area (Å²) in [6.45, 7) is 2.60. The van der Waals surface area contributed by atoms with E-state index in [1.54, 1.807) is 7.11 Å². The zero-order valence-corrected chi connectivity index (χ0v) is 11.0. The Bertz CT molecular complexity index is 370. The number of nitrogens with two attached hydrogens (primary N) is 1. The summed E-state index contributed by atoms with van der Waals surface area (Å²) in [5.41, 5.74) is 8.06. The number of halogens is 1. The Morgan fingerprint density at radius 3 is 2.94 bits per heavy atom. The first-order valence-corrected chi connectivity index (χ1v) is 6.29. The zero-order valence-electron chi connectivity index (χ0n) is 9.45. The summed E-state index contributed by atoms with van der Waals surface area (Å²) in [6.07, 6.45) is 1.46. The molecule has 1 aromatic carbocycles. The predicted octanol–water partition coefficient (Wildman–Crippen LogP) is 2.13. The molecule has 1 fully saturated rings. The van der Waals surface area contributed by atoms with Crippen LogP contribution in [0.4, 0.5) is 5.69 Å². The fourth-order valence-corrected chi connectivity index (χ4v) is 2.62. The first-order chi connectivity index (χ1) is 7.72. The summed E-state index contributed by atoms with van der Waals surface area (Å²) in [7, 11) is 1.78. The third kappa shape index (κ3) is 2.56. The van der Waals surface area contributed by atoms with Crippen LogP contribution in [-0.2, 0) is 11.3 Å². The van der Waals surface area contributed by atoms with Gasteiger partial charge in [-0.15, -0.1) is 0 Å². The van der Waals surface area contributed by atoms with Crippen LogP contribution in [0.3, 0.4) is 0 Å². The number of ether oxygens (including phenoxy) is 1. The van der Waals surface area contributed by atoms with Crippen molar-refractivity contribution >= 4 is 21.6 Å². The molecule has 0 amide bonds. The number of anilines is 1. The van der Waals surface area contributed by atoms with Crippen LogP contribution in [-0.4, -0.2) is 26.3 Å². The monoisotopic (exact) mass is 284 g/mol. The SMILES string of the molecule is COC1CCN(c2cc(Br)cc(CN)c2)C1. The molecule has 1 saturated heterocycles. The molecule has 16 heavy (non-hydrogen) atoms. The predicted molar refractivity (Wildman–Crippen MR) is 69.7 cm³/mol. The third-order valence-corrected chi connectivity index (χ3v) is 3.48. The lowest BCUT2D eigenvalue weighted by Gasteiger charge is -2.19. The van der Waals surface area contributed by atoms with Crippen molar-refractivity contribution in [1.82, 2.24) is 0 Å². The van der Waals surface area contributed by atoms with Gasteiger partial charge in [-0.05, 0) is 30.2 Å². The molecule has 1 unspecified atom stereocenters. The van der Waals surface area contributed by atoms with Gasteiger partial charge in [0.05, 0.1) is 6.10 Å². The molecule has 2 rings (SSSR count). The molecular formula is C12H17BrN2O. The molecule has 0 aromatic heterocycles. The van der Waals surface area contributed by atoms with E-state index in [9.17, 15) is 0 Å². The molecule has 2 N–H and O–H groups in total. The van der Waals surface area contributed by atoms with Gasteiger partial charge in [0, 0.05) is 36.9 Å². The lowest BCUT2D eigenvalue weighted by molar-refractivity contribution is 0.121. The second-order valence-corrected chi connectivity index (χ2v) is 5.03. The molecular weight excluding hydrogens is 268 g/mol. The summed E-state index contributed by atoms with van der Waals surface area (Å²) in [6, 6.07) is 6.35. The van der Waals surface area contributed by atoms with Gasteiger partial charge < -0.3 is 15.4 Å². The molecule has 1 aliphatic heterocycles. The van der Waals surface area contributed by atoms with Crippen molar-refractivity contribution in [3.05, 3.63) is 28.2 Å². The van der Waals surface area contributed by atoms with Gasteiger partial charge in [0.15, 0.2) is 0 Å². The highest BCUT2D eigenvalue weighted by molar-refractivity contribution is 9.10. The quantitative estimate of drug-likeness (QED) is 0.924. The lowest BCUT2D eigenvalue weighted by atomic mass is 10.2. The zero-order chi connectivity index (χ0) is 11.5. The Morgan fingerprint density at radius 2 is 2.31 bits per heavy atom. The fraction of sp³-hybridized carbons (Fsp3) is 0.500. The van der Waals surface area contributed by atoms with E-state index < -0.39 is 0 Å². The second kappa shape index (κ2) is 5.17. The highest BCUT2D eigenvalue weighted by Gasteiger charge is 2.22. The Kier molecular flexibility index (Phi) is 3.84. The van der Waals surface area contributed by atoms with Crippen molar-refractivity contribution in [2.45, 2.75) is 19.1 Å². The van der Waals surface area contributed by atoms with Crippen molar-refractivity contribution in [2.24, 2.45) is 5.73 Å². The maximum absolute atomic E-state index is 5.68. The first-order valence-electron chi connectivity index (χ1n) is 5.50. The van der Waals surface area contributed by atoms with Gasteiger partial charge in [-0.25, -0.2) is 0 Å². The van der Waals surface area contributed by atoms with Crippen LogP contribution in [0.15, 0.2) is 22.7 Å². The van der Waals surface area contributed by atoms with Crippen LogP contribution in [0, 0.1) is 0 Å². The third-order valence-electron chi connectivity index (χ3n) is 3.02. The van der Waals surface area contributed by atoms with Gasteiger partial charge in [0.2, 0.25) is 0 Å². The molecule has 0 aliphatic carbocycles. The van der Waals surface area contributed by atoms with Crippen LogP contribution in [0.5, 0.6) is 0 Å². The van der Waals surface area contributed by atoms with Crippen LogP contribution >= 0.6 is 15.9 Å². The first kappa shape index (κ1) is 11.9. The normalized spacial score (nSPS) is 20.4. The number of rotatable bonds is 3. The number of benzene rings is 1. The largest absolute Gasteiger partial charge is 0.380 e. The topological polar surface area (TPSA) is 38.5 Å². The van der Waals surface area contributed by atoms with E-state index in [1.165, 1.54) is 5.69 Å². The van der Waals surface area contributed by atoms with E-state index in [0.29, 0.717) is 12.6 Å². The van der Waals surface area contributed by atoms with Gasteiger partial charge in [0.1, 0.15) is 0 Å². The average Bonchev–Trinajstić information content (AvgIpc) is 2.76. The smallest absolute Gasteiger partial charge is 0.0762 e. The van der Waals surface area contributed by atoms with Gasteiger partial charge in [-0.1, -0.05) is 15.9 Å². The molecule has 0 saturated carbocycles. The molecule has 0 spiro atoms. The summed E-state index contributed by atoms with van der Waals surface area (Å²) >= 11 is 3.52. The molecule has 3 nitrogen and oxygen atoms in total. The van der Waals surface area contributed by atoms with Crippen molar-refractivity contribution in [3.8, 4) is 0 Å². The van der Waals surface area contributed by atoms with Crippen molar-refractivity contribution in [1.29, 1.82) is 0 Å².